The third-order valence-corrected chi connectivity index (χ3v) is 15.2. The monoisotopic (exact) mass is 1170 g/mol. The van der Waals surface area contributed by atoms with Gasteiger partial charge in [0.05, 0.1) is 27.1 Å². The summed E-state index contributed by atoms with van der Waals surface area (Å²) in [5.74, 6) is 4.77. The van der Waals surface area contributed by atoms with Gasteiger partial charge in [-0.15, -0.1) is 0 Å². The van der Waals surface area contributed by atoms with E-state index in [0.29, 0.717) is 54.3 Å². The highest BCUT2D eigenvalue weighted by atomic mass is 35.5. The summed E-state index contributed by atoms with van der Waals surface area (Å²) in [6.45, 7) is 12.6. The van der Waals surface area contributed by atoms with Crippen molar-refractivity contribution in [3.63, 3.8) is 0 Å². The Hall–Kier alpha value is -10.5. The second-order valence-corrected chi connectivity index (χ2v) is 22.2. The van der Waals surface area contributed by atoms with Gasteiger partial charge in [0.15, 0.2) is 34.9 Å². The maximum absolute atomic E-state index is 8.88. The zero-order chi connectivity index (χ0) is 60.7. The van der Waals surface area contributed by atoms with Crippen LogP contribution in [0.2, 0.25) is 5.02 Å². The largest absolute Gasteiger partial charge is 0.569 e. The van der Waals surface area contributed by atoms with Crippen molar-refractivity contribution in [2.45, 2.75) is 53.4 Å². The number of fused-ring (bicyclic) bond motifs is 6. The van der Waals surface area contributed by atoms with Gasteiger partial charge in [-0.05, 0) is 79.3 Å². The number of aryl methyl sites for hydroxylation is 2. The second-order valence-electron chi connectivity index (χ2n) is 21.8. The zero-order valence-electron chi connectivity index (χ0n) is 49.4. The van der Waals surface area contributed by atoms with Gasteiger partial charge in [0.25, 0.3) is 0 Å². The first kappa shape index (κ1) is 57.9. The summed E-state index contributed by atoms with van der Waals surface area (Å²) in [5.41, 5.74) is 15.3. The zero-order valence-corrected chi connectivity index (χ0v) is 50.1. The number of halogens is 1. The fourth-order valence-corrected chi connectivity index (χ4v) is 10.5. The molecular formula is C74H59BClN10O2. The predicted octanol–water partition coefficient (Wildman–Crippen LogP) is 17.7. The first-order chi connectivity index (χ1) is 42.9. The highest BCUT2D eigenvalue weighted by Gasteiger charge is 2.18. The van der Waals surface area contributed by atoms with Crippen LogP contribution in [0.25, 0.3) is 123 Å². The molecule has 1 radical (unpaired) electrons. The van der Waals surface area contributed by atoms with Crippen molar-refractivity contribution < 1.29 is 9.68 Å². The maximum atomic E-state index is 8.88. The molecule has 12 nitrogen and oxygen atoms in total. The Morgan fingerprint density at radius 2 is 0.705 bits per heavy atom. The fourth-order valence-electron chi connectivity index (χ4n) is 10.2. The molecule has 427 valence electrons. The molecular weight excluding hydrogens is 1110 g/mol. The Labute approximate surface area is 516 Å². The molecule has 14 rings (SSSR count). The van der Waals surface area contributed by atoms with Crippen molar-refractivity contribution in [3.8, 4) is 85.2 Å². The van der Waals surface area contributed by atoms with E-state index in [4.69, 9.17) is 51.2 Å². The Balaban J connectivity index is 0.000000140. The SMILES string of the molecule is Cc1ccc2ccc3c(-c4cccc(-c5nc(-c6ccccc6)nc(-c6ccccc6)n5)c4)cc(C(C)C)nc3c2n1.Cc1ccc2ccc3c(Cl)cc(C(C)C)nc3c2n1.O[B]Oc1cccc(-c2nc(-c3ccccc3)nc(-c3ccccc3)n2)c1. The minimum atomic E-state index is 0.266. The molecule has 1 N–H and O–H groups in total. The summed E-state index contributed by atoms with van der Waals surface area (Å²) < 4.78 is 5.06. The van der Waals surface area contributed by atoms with E-state index < -0.39 is 0 Å². The van der Waals surface area contributed by atoms with Crippen LogP contribution >= 0.6 is 11.6 Å². The summed E-state index contributed by atoms with van der Waals surface area (Å²) >= 11 is 6.38. The standard InChI is InChI=1S/C37H29N5.C21H15BN3O2.C16H15ClN2/c1-23(2)32-22-31(30-20-19-25-18-17-24(3)38-33(25)34(30)39-32)28-15-10-16-29(21-28)37-41-35(26-11-6-4-7-12-26)40-36(42-37)27-13-8-5-9-14-27;26-22-27-18-13-7-12-17(14-18)21-24-19(15-8-3-1-4-9-15)23-20(25-21)16-10-5-2-6-11-16;1-9(2)14-8-13(17)12-7-6-11-5-4-10(3)18-15(11)16(12)19-14/h4-23H,1-3H3;1-14,26H;4-9H,1-3H3. The molecule has 14 aromatic rings. The Kier molecular flexibility index (Phi) is 17.1. The molecule has 0 aliphatic rings. The Morgan fingerprint density at radius 1 is 0.341 bits per heavy atom. The van der Waals surface area contributed by atoms with Crippen LogP contribution in [0.4, 0.5) is 0 Å². The molecule has 0 aliphatic carbocycles. The highest BCUT2D eigenvalue weighted by Crippen LogP contribution is 2.37. The lowest BCUT2D eigenvalue weighted by molar-refractivity contribution is 0.454. The van der Waals surface area contributed by atoms with Gasteiger partial charge < -0.3 is 9.68 Å². The average molecular weight is 1170 g/mol. The van der Waals surface area contributed by atoms with Crippen LogP contribution in [-0.2, 0) is 0 Å². The van der Waals surface area contributed by atoms with Crippen LogP contribution in [0.1, 0.15) is 62.3 Å². The number of rotatable bonds is 11. The van der Waals surface area contributed by atoms with E-state index in [-0.39, 0.29) is 5.92 Å². The first-order valence-electron chi connectivity index (χ1n) is 29.1. The fraction of sp³-hybridized carbons (Fsp3) is 0.108. The molecule has 6 heterocycles. The summed E-state index contributed by atoms with van der Waals surface area (Å²) in [6, 6.07) is 76.2. The summed E-state index contributed by atoms with van der Waals surface area (Å²) in [7, 11) is 0.650. The van der Waals surface area contributed by atoms with E-state index in [1.54, 1.807) is 12.1 Å². The van der Waals surface area contributed by atoms with Crippen LogP contribution < -0.4 is 4.65 Å². The molecule has 0 unspecified atom stereocenters. The summed E-state index contributed by atoms with van der Waals surface area (Å²) in [5, 5.41) is 13.9. The number of hydrogen-bond acceptors (Lipinski definition) is 12. The maximum Gasteiger partial charge on any atom is 0.569 e. The van der Waals surface area contributed by atoms with Crippen molar-refractivity contribution in [2.24, 2.45) is 0 Å². The predicted molar refractivity (Wildman–Crippen MR) is 357 cm³/mol. The third-order valence-electron chi connectivity index (χ3n) is 14.8. The van der Waals surface area contributed by atoms with Gasteiger partial charge in [-0.1, -0.05) is 227 Å². The van der Waals surface area contributed by atoms with E-state index in [9.17, 15) is 0 Å². The molecule has 0 fully saturated rings. The lowest BCUT2D eigenvalue weighted by Crippen LogP contribution is -2.02. The normalized spacial score (nSPS) is 11.2. The molecule has 0 aliphatic heterocycles. The van der Waals surface area contributed by atoms with Crippen molar-refractivity contribution in [3.05, 3.63) is 258 Å². The van der Waals surface area contributed by atoms with E-state index >= 15 is 0 Å². The van der Waals surface area contributed by atoms with E-state index in [2.05, 4.69) is 102 Å². The number of hydrogen-bond donors (Lipinski definition) is 1. The molecule has 14 heteroatoms. The van der Waals surface area contributed by atoms with Crippen molar-refractivity contribution in [2.75, 3.05) is 0 Å². The number of nitrogens with zero attached hydrogens (tertiary/aromatic N) is 10. The summed E-state index contributed by atoms with van der Waals surface area (Å²) in [6.07, 6.45) is 0. The van der Waals surface area contributed by atoms with Gasteiger partial charge in [-0.25, -0.2) is 29.9 Å². The van der Waals surface area contributed by atoms with Crippen LogP contribution in [-0.4, -0.2) is 62.5 Å². The molecule has 0 saturated heterocycles. The summed E-state index contributed by atoms with van der Waals surface area (Å²) in [4.78, 5) is 48.1. The topological polar surface area (TPSA) is 158 Å². The van der Waals surface area contributed by atoms with Crippen molar-refractivity contribution in [1.29, 1.82) is 0 Å². The van der Waals surface area contributed by atoms with Gasteiger partial charge in [-0.3, -0.25) is 19.9 Å². The lowest BCUT2D eigenvalue weighted by atomic mass is 9.95. The van der Waals surface area contributed by atoms with E-state index in [1.165, 1.54) is 0 Å². The van der Waals surface area contributed by atoms with Crippen LogP contribution in [0, 0.1) is 13.8 Å². The second kappa shape index (κ2) is 26.0. The van der Waals surface area contributed by atoms with Gasteiger partial charge in [0.1, 0.15) is 5.75 Å². The van der Waals surface area contributed by atoms with Gasteiger partial charge in [0.2, 0.25) is 0 Å². The number of benzene rings is 8. The smallest absolute Gasteiger partial charge is 0.537 e. The van der Waals surface area contributed by atoms with Gasteiger partial charge >= 0.3 is 7.69 Å². The molecule has 88 heavy (non-hydrogen) atoms. The van der Waals surface area contributed by atoms with Crippen LogP contribution in [0.5, 0.6) is 5.75 Å². The van der Waals surface area contributed by atoms with Crippen LogP contribution in [0.15, 0.2) is 231 Å². The molecule has 0 amide bonds. The average Bonchev–Trinajstić information content (AvgIpc) is 0.963. The molecule has 0 bridgehead atoms. The lowest BCUT2D eigenvalue weighted by Gasteiger charge is -2.14. The number of pyridine rings is 4. The minimum Gasteiger partial charge on any atom is -0.537 e. The number of aromatic nitrogens is 10. The van der Waals surface area contributed by atoms with Gasteiger partial charge in [-0.2, -0.15) is 0 Å². The third kappa shape index (κ3) is 12.9. The van der Waals surface area contributed by atoms with Gasteiger partial charge in [0, 0.05) is 77.7 Å². The molecule has 6 aromatic heterocycles. The Morgan fingerprint density at radius 3 is 1.15 bits per heavy atom. The van der Waals surface area contributed by atoms with E-state index in [1.807, 2.05) is 178 Å². The molecule has 0 atom stereocenters. The van der Waals surface area contributed by atoms with Crippen LogP contribution in [0.3, 0.4) is 0 Å². The minimum absolute atomic E-state index is 0.266. The Bertz CT molecular complexity index is 4700. The van der Waals surface area contributed by atoms with E-state index in [0.717, 1.165) is 116 Å². The van der Waals surface area contributed by atoms with Crippen molar-refractivity contribution >= 4 is 62.9 Å². The molecule has 0 spiro atoms. The molecule has 0 saturated carbocycles. The van der Waals surface area contributed by atoms with Crippen molar-refractivity contribution in [1.82, 2.24) is 49.8 Å². The quantitative estimate of drug-likeness (QED) is 0.0966. The highest BCUT2D eigenvalue weighted by molar-refractivity contribution is 6.36. The first-order valence-corrected chi connectivity index (χ1v) is 29.5. The molecule has 8 aromatic carbocycles.